The van der Waals surface area contributed by atoms with Crippen LogP contribution in [0.3, 0.4) is 0 Å². The predicted molar refractivity (Wildman–Crippen MR) is 57.3 cm³/mol. The predicted octanol–water partition coefficient (Wildman–Crippen LogP) is 2.03. The molecule has 4 heteroatoms. The van der Waals surface area contributed by atoms with Crippen LogP contribution in [0, 0.1) is 6.92 Å². The summed E-state index contributed by atoms with van der Waals surface area (Å²) < 4.78 is 0. The molecule has 1 aliphatic heterocycles. The molecule has 1 aromatic rings. The summed E-state index contributed by atoms with van der Waals surface area (Å²) in [5.74, 6) is 0. The standard InChI is InChI=1S/C10H11ClN3/c1-2-7-6-9(14-13-7)10-8(11)4-3-5-12-10/h3-5,7,13H,1-2,6H2. The molecule has 73 valence electrons. The molecular formula is C10H11ClN3. The quantitative estimate of drug-likeness (QED) is 0.808. The summed E-state index contributed by atoms with van der Waals surface area (Å²) in [5.41, 5.74) is 4.71. The minimum atomic E-state index is 0.322. The number of halogens is 1. The maximum Gasteiger partial charge on any atom is 0.105 e. The molecule has 0 saturated heterocycles. The minimum absolute atomic E-state index is 0.322. The molecule has 1 aromatic heterocycles. The molecule has 0 bridgehead atoms. The highest BCUT2D eigenvalue weighted by Crippen LogP contribution is 2.18. The Bertz CT molecular complexity index is 362. The molecule has 0 amide bonds. The van der Waals surface area contributed by atoms with Gasteiger partial charge in [0.1, 0.15) is 5.69 Å². The third-order valence-electron chi connectivity index (χ3n) is 2.20. The highest BCUT2D eigenvalue weighted by atomic mass is 35.5. The largest absolute Gasteiger partial charge is 0.306 e. The zero-order valence-electron chi connectivity index (χ0n) is 7.70. The minimum Gasteiger partial charge on any atom is -0.306 e. The molecule has 1 aliphatic rings. The SMILES string of the molecule is [CH2]CC1CC(c2ncccc2Cl)=NN1. The van der Waals surface area contributed by atoms with E-state index < -0.39 is 0 Å². The number of nitrogens with zero attached hydrogens (tertiary/aromatic N) is 2. The number of pyridine rings is 1. The van der Waals surface area contributed by atoms with Crippen molar-refractivity contribution in [1.82, 2.24) is 10.4 Å². The topological polar surface area (TPSA) is 37.3 Å². The molecule has 0 spiro atoms. The van der Waals surface area contributed by atoms with E-state index in [2.05, 4.69) is 22.4 Å². The van der Waals surface area contributed by atoms with E-state index in [0.29, 0.717) is 11.1 Å². The van der Waals surface area contributed by atoms with Gasteiger partial charge in [-0.2, -0.15) is 5.10 Å². The third-order valence-corrected chi connectivity index (χ3v) is 2.51. The van der Waals surface area contributed by atoms with Crippen LogP contribution in [0.15, 0.2) is 23.4 Å². The van der Waals surface area contributed by atoms with E-state index in [1.54, 1.807) is 6.20 Å². The second-order valence-corrected chi connectivity index (χ2v) is 3.62. The molecule has 1 atom stereocenters. The van der Waals surface area contributed by atoms with Crippen molar-refractivity contribution in [3.63, 3.8) is 0 Å². The van der Waals surface area contributed by atoms with E-state index in [0.717, 1.165) is 24.2 Å². The Kier molecular flexibility index (Phi) is 2.68. The first-order valence-electron chi connectivity index (χ1n) is 4.53. The van der Waals surface area contributed by atoms with Gasteiger partial charge in [-0.15, -0.1) is 0 Å². The first-order chi connectivity index (χ1) is 6.81. The number of hydrogen-bond acceptors (Lipinski definition) is 3. The van der Waals surface area contributed by atoms with Crippen LogP contribution in [-0.4, -0.2) is 16.7 Å². The van der Waals surface area contributed by atoms with Crippen molar-refractivity contribution in [2.24, 2.45) is 5.10 Å². The molecule has 2 heterocycles. The van der Waals surface area contributed by atoms with E-state index >= 15 is 0 Å². The summed E-state index contributed by atoms with van der Waals surface area (Å²) >= 11 is 6.01. The van der Waals surface area contributed by atoms with E-state index in [4.69, 9.17) is 11.6 Å². The number of aromatic nitrogens is 1. The summed E-state index contributed by atoms with van der Waals surface area (Å²) in [6.07, 6.45) is 3.39. The number of nitrogens with one attached hydrogen (secondary N) is 1. The Morgan fingerprint density at radius 1 is 1.64 bits per heavy atom. The molecule has 1 N–H and O–H groups in total. The lowest BCUT2D eigenvalue weighted by Gasteiger charge is -2.04. The van der Waals surface area contributed by atoms with Gasteiger partial charge in [-0.1, -0.05) is 18.5 Å². The van der Waals surface area contributed by atoms with Crippen molar-refractivity contribution in [3.05, 3.63) is 36.0 Å². The van der Waals surface area contributed by atoms with Crippen LogP contribution < -0.4 is 5.43 Å². The van der Waals surface area contributed by atoms with E-state index in [1.807, 2.05) is 12.1 Å². The Hall–Kier alpha value is -1.09. The lowest BCUT2D eigenvalue weighted by molar-refractivity contribution is 0.590. The Labute approximate surface area is 88.2 Å². The molecule has 14 heavy (non-hydrogen) atoms. The second kappa shape index (κ2) is 3.96. The average Bonchev–Trinajstić information content (AvgIpc) is 2.67. The fourth-order valence-corrected chi connectivity index (χ4v) is 1.64. The van der Waals surface area contributed by atoms with Gasteiger partial charge in [0, 0.05) is 18.7 Å². The monoisotopic (exact) mass is 208 g/mol. The van der Waals surface area contributed by atoms with Gasteiger partial charge in [-0.3, -0.25) is 4.98 Å². The van der Waals surface area contributed by atoms with Crippen molar-refractivity contribution in [3.8, 4) is 0 Å². The molecule has 0 saturated carbocycles. The van der Waals surface area contributed by atoms with E-state index in [-0.39, 0.29) is 0 Å². The van der Waals surface area contributed by atoms with E-state index in [1.165, 1.54) is 0 Å². The van der Waals surface area contributed by atoms with Crippen LogP contribution in [-0.2, 0) is 0 Å². The van der Waals surface area contributed by atoms with Gasteiger partial charge < -0.3 is 5.43 Å². The van der Waals surface area contributed by atoms with Gasteiger partial charge >= 0.3 is 0 Å². The zero-order valence-corrected chi connectivity index (χ0v) is 8.46. The molecule has 2 rings (SSSR count). The van der Waals surface area contributed by atoms with Gasteiger partial charge in [0.15, 0.2) is 0 Å². The summed E-state index contributed by atoms with van der Waals surface area (Å²) in [6.45, 7) is 3.83. The lowest BCUT2D eigenvalue weighted by Crippen LogP contribution is -2.17. The fourth-order valence-electron chi connectivity index (χ4n) is 1.41. The number of hydrogen-bond donors (Lipinski definition) is 1. The normalized spacial score (nSPS) is 20.4. The highest BCUT2D eigenvalue weighted by molar-refractivity contribution is 6.33. The third kappa shape index (κ3) is 1.73. The summed E-state index contributed by atoms with van der Waals surface area (Å²) in [6, 6.07) is 3.96. The van der Waals surface area contributed by atoms with Crippen LogP contribution >= 0.6 is 11.6 Å². The maximum absolute atomic E-state index is 6.01. The Balaban J connectivity index is 2.22. The molecule has 0 aromatic carbocycles. The molecular weight excluding hydrogens is 198 g/mol. The van der Waals surface area contributed by atoms with Crippen molar-refractivity contribution >= 4 is 17.3 Å². The second-order valence-electron chi connectivity index (χ2n) is 3.21. The lowest BCUT2D eigenvalue weighted by atomic mass is 10.1. The smallest absolute Gasteiger partial charge is 0.105 e. The van der Waals surface area contributed by atoms with Crippen LogP contribution in [0.4, 0.5) is 0 Å². The van der Waals surface area contributed by atoms with Crippen LogP contribution in [0.1, 0.15) is 18.5 Å². The highest BCUT2D eigenvalue weighted by Gasteiger charge is 2.20. The van der Waals surface area contributed by atoms with Gasteiger partial charge in [0.25, 0.3) is 0 Å². The molecule has 0 fully saturated rings. The van der Waals surface area contributed by atoms with Gasteiger partial charge in [0.2, 0.25) is 0 Å². The molecule has 1 radical (unpaired) electrons. The fraction of sp³-hybridized carbons (Fsp3) is 0.300. The van der Waals surface area contributed by atoms with Crippen molar-refractivity contribution in [2.45, 2.75) is 18.9 Å². The van der Waals surface area contributed by atoms with Gasteiger partial charge in [0.05, 0.1) is 10.7 Å². The zero-order chi connectivity index (χ0) is 9.97. The average molecular weight is 209 g/mol. The summed E-state index contributed by atoms with van der Waals surface area (Å²) in [4.78, 5) is 4.21. The van der Waals surface area contributed by atoms with Crippen LogP contribution in [0.25, 0.3) is 0 Å². The summed E-state index contributed by atoms with van der Waals surface area (Å²) in [5, 5.41) is 4.85. The van der Waals surface area contributed by atoms with E-state index in [9.17, 15) is 0 Å². The maximum atomic E-state index is 6.01. The first-order valence-corrected chi connectivity index (χ1v) is 4.91. The van der Waals surface area contributed by atoms with Gasteiger partial charge in [-0.05, 0) is 18.6 Å². The Morgan fingerprint density at radius 3 is 3.14 bits per heavy atom. The number of rotatable bonds is 2. The first kappa shape index (κ1) is 9.46. The molecule has 3 nitrogen and oxygen atoms in total. The Morgan fingerprint density at radius 2 is 2.50 bits per heavy atom. The summed E-state index contributed by atoms with van der Waals surface area (Å²) in [7, 11) is 0. The van der Waals surface area contributed by atoms with Gasteiger partial charge in [-0.25, -0.2) is 0 Å². The number of hydrazone groups is 1. The van der Waals surface area contributed by atoms with Crippen molar-refractivity contribution in [2.75, 3.05) is 0 Å². The van der Waals surface area contributed by atoms with Crippen LogP contribution in [0.2, 0.25) is 5.02 Å². The van der Waals surface area contributed by atoms with Crippen LogP contribution in [0.5, 0.6) is 0 Å². The molecule has 0 aliphatic carbocycles. The molecule has 1 unspecified atom stereocenters. The van der Waals surface area contributed by atoms with Crippen molar-refractivity contribution in [1.29, 1.82) is 0 Å². The van der Waals surface area contributed by atoms with Crippen molar-refractivity contribution < 1.29 is 0 Å².